The second-order valence-electron chi connectivity index (χ2n) is 5.27. The maximum atomic E-state index is 13.0. The Balaban J connectivity index is 2.19. The van der Waals surface area contributed by atoms with E-state index >= 15 is 0 Å². The van der Waals surface area contributed by atoms with Gasteiger partial charge in [0.05, 0.1) is 6.61 Å². The fraction of sp³-hybridized carbons (Fsp3) is 0.235. The van der Waals surface area contributed by atoms with Gasteiger partial charge in [0.2, 0.25) is 0 Å². The van der Waals surface area contributed by atoms with Crippen LogP contribution in [-0.4, -0.2) is 31.0 Å². The average molecular weight is 336 g/mol. The first kappa shape index (κ1) is 15.3. The predicted octanol–water partition coefficient (Wildman–Crippen LogP) is 3.73. The Bertz CT molecular complexity index is 637. The summed E-state index contributed by atoms with van der Waals surface area (Å²) >= 11 is 11.9. The number of carbonyl (C=O) groups is 1. The van der Waals surface area contributed by atoms with Crippen molar-refractivity contribution < 1.29 is 9.53 Å². The van der Waals surface area contributed by atoms with Crippen molar-refractivity contribution in [1.29, 1.82) is 0 Å². The normalized spacial score (nSPS) is 17.6. The largest absolute Gasteiger partial charge is 0.354 e. The summed E-state index contributed by atoms with van der Waals surface area (Å²) in [5.41, 5.74) is 0.369. The summed E-state index contributed by atoms with van der Waals surface area (Å²) < 4.78 is 6.02. The van der Waals surface area contributed by atoms with Crippen LogP contribution in [0.25, 0.3) is 0 Å². The summed E-state index contributed by atoms with van der Waals surface area (Å²) in [6.07, 6.45) is 0. The van der Waals surface area contributed by atoms with Gasteiger partial charge in [0.15, 0.2) is 5.60 Å². The van der Waals surface area contributed by atoms with Crippen LogP contribution in [0.3, 0.4) is 0 Å². The van der Waals surface area contributed by atoms with Gasteiger partial charge >= 0.3 is 0 Å². The van der Waals surface area contributed by atoms with E-state index in [2.05, 4.69) is 0 Å². The lowest BCUT2D eigenvalue weighted by atomic mass is 9.84. The Labute approximate surface area is 139 Å². The number of amides is 1. The van der Waals surface area contributed by atoms with Crippen LogP contribution in [0.2, 0.25) is 10.0 Å². The monoisotopic (exact) mass is 335 g/mol. The molecule has 1 aliphatic rings. The summed E-state index contributed by atoms with van der Waals surface area (Å²) in [5, 5.41) is 1.23. The van der Waals surface area contributed by atoms with Crippen LogP contribution in [0.1, 0.15) is 11.1 Å². The van der Waals surface area contributed by atoms with Gasteiger partial charge in [-0.05, 0) is 35.4 Å². The van der Waals surface area contributed by atoms with Crippen molar-refractivity contribution in [2.75, 3.05) is 20.2 Å². The van der Waals surface area contributed by atoms with Crippen molar-refractivity contribution in [2.45, 2.75) is 5.60 Å². The van der Waals surface area contributed by atoms with Gasteiger partial charge in [-0.1, -0.05) is 47.5 Å². The summed E-state index contributed by atoms with van der Waals surface area (Å²) in [6.45, 7) is 1.04. The van der Waals surface area contributed by atoms with Gasteiger partial charge in [0, 0.05) is 23.6 Å². The van der Waals surface area contributed by atoms with Crippen LogP contribution in [0, 0.1) is 0 Å². The zero-order chi connectivity index (χ0) is 15.7. The summed E-state index contributed by atoms with van der Waals surface area (Å²) in [6, 6.07) is 14.4. The SMILES string of the molecule is CN1CCOC(c2ccc(Cl)cc2)(c2ccc(Cl)cc2)C1=O. The zero-order valence-electron chi connectivity index (χ0n) is 12.1. The molecule has 0 aliphatic carbocycles. The molecule has 3 nitrogen and oxygen atoms in total. The number of nitrogens with zero attached hydrogens (tertiary/aromatic N) is 1. The minimum atomic E-state index is -1.15. The van der Waals surface area contributed by atoms with E-state index in [0.717, 1.165) is 11.1 Å². The van der Waals surface area contributed by atoms with Crippen LogP contribution < -0.4 is 0 Å². The highest BCUT2D eigenvalue weighted by Crippen LogP contribution is 2.38. The average Bonchev–Trinajstić information content (AvgIpc) is 2.52. The van der Waals surface area contributed by atoms with E-state index in [-0.39, 0.29) is 5.91 Å². The second-order valence-corrected chi connectivity index (χ2v) is 6.14. The van der Waals surface area contributed by atoms with Crippen LogP contribution in [0.5, 0.6) is 0 Å². The minimum absolute atomic E-state index is 0.0941. The quantitative estimate of drug-likeness (QED) is 0.836. The maximum absolute atomic E-state index is 13.0. The molecule has 1 fully saturated rings. The van der Waals surface area contributed by atoms with Gasteiger partial charge in [-0.15, -0.1) is 0 Å². The molecule has 0 bridgehead atoms. The number of morpholine rings is 1. The predicted molar refractivity (Wildman–Crippen MR) is 87.3 cm³/mol. The molecule has 1 amide bonds. The molecule has 1 aliphatic heterocycles. The Morgan fingerprint density at radius 1 is 0.955 bits per heavy atom. The summed E-state index contributed by atoms with van der Waals surface area (Å²) in [5.74, 6) is -0.0941. The maximum Gasteiger partial charge on any atom is 0.264 e. The zero-order valence-corrected chi connectivity index (χ0v) is 13.6. The van der Waals surface area contributed by atoms with Gasteiger partial charge < -0.3 is 9.64 Å². The van der Waals surface area contributed by atoms with E-state index in [1.807, 2.05) is 24.3 Å². The fourth-order valence-electron chi connectivity index (χ4n) is 2.72. The standard InChI is InChI=1S/C17H15Cl2NO2/c1-20-10-11-22-17(16(20)21,12-2-6-14(18)7-3-12)13-4-8-15(19)9-5-13/h2-9H,10-11H2,1H3. The molecule has 3 rings (SSSR count). The van der Waals surface area contributed by atoms with Gasteiger partial charge in [-0.3, -0.25) is 4.79 Å². The van der Waals surface area contributed by atoms with Crippen LogP contribution >= 0.6 is 23.2 Å². The van der Waals surface area contributed by atoms with Crippen LogP contribution in [0.4, 0.5) is 0 Å². The molecule has 0 unspecified atom stereocenters. The molecule has 114 valence electrons. The molecule has 0 radical (unpaired) electrons. The highest BCUT2D eigenvalue weighted by molar-refractivity contribution is 6.30. The molecule has 0 atom stereocenters. The van der Waals surface area contributed by atoms with Crippen molar-refractivity contribution >= 4 is 29.1 Å². The number of hydrogen-bond acceptors (Lipinski definition) is 2. The van der Waals surface area contributed by atoms with Gasteiger partial charge in [0.1, 0.15) is 0 Å². The Kier molecular flexibility index (Phi) is 4.13. The number of rotatable bonds is 2. The fourth-order valence-corrected chi connectivity index (χ4v) is 2.97. The molecular formula is C17H15Cl2NO2. The van der Waals surface area contributed by atoms with Crippen molar-refractivity contribution in [3.63, 3.8) is 0 Å². The molecule has 0 aromatic heterocycles. The van der Waals surface area contributed by atoms with E-state index in [0.29, 0.717) is 23.2 Å². The van der Waals surface area contributed by atoms with Crippen molar-refractivity contribution in [3.8, 4) is 0 Å². The number of hydrogen-bond donors (Lipinski definition) is 0. The van der Waals surface area contributed by atoms with Crippen molar-refractivity contribution in [2.24, 2.45) is 0 Å². The molecule has 1 heterocycles. The molecule has 2 aromatic rings. The lowest BCUT2D eigenvalue weighted by Crippen LogP contribution is -2.53. The molecule has 5 heteroatoms. The van der Waals surface area contributed by atoms with Crippen molar-refractivity contribution in [1.82, 2.24) is 4.90 Å². The highest BCUT2D eigenvalue weighted by Gasteiger charge is 2.47. The minimum Gasteiger partial charge on any atom is -0.354 e. The summed E-state index contributed by atoms with van der Waals surface area (Å²) in [7, 11) is 1.78. The number of ether oxygens (including phenoxy) is 1. The molecule has 2 aromatic carbocycles. The first-order chi connectivity index (χ1) is 10.5. The Morgan fingerprint density at radius 2 is 1.41 bits per heavy atom. The number of benzene rings is 2. The van der Waals surface area contributed by atoms with E-state index in [4.69, 9.17) is 27.9 Å². The smallest absolute Gasteiger partial charge is 0.264 e. The molecular weight excluding hydrogens is 321 g/mol. The third-order valence-electron chi connectivity index (χ3n) is 3.89. The van der Waals surface area contributed by atoms with E-state index in [1.54, 1.807) is 36.2 Å². The van der Waals surface area contributed by atoms with E-state index in [1.165, 1.54) is 0 Å². The van der Waals surface area contributed by atoms with Crippen LogP contribution in [0.15, 0.2) is 48.5 Å². The third kappa shape index (κ3) is 2.50. The highest BCUT2D eigenvalue weighted by atomic mass is 35.5. The van der Waals surface area contributed by atoms with E-state index in [9.17, 15) is 4.79 Å². The molecule has 0 spiro atoms. The Hall–Kier alpha value is -1.55. The van der Waals surface area contributed by atoms with E-state index < -0.39 is 5.60 Å². The molecule has 22 heavy (non-hydrogen) atoms. The lowest BCUT2D eigenvalue weighted by molar-refractivity contribution is -0.164. The number of likely N-dealkylation sites (N-methyl/N-ethyl adjacent to an activating group) is 1. The van der Waals surface area contributed by atoms with Gasteiger partial charge in [0.25, 0.3) is 5.91 Å². The summed E-state index contributed by atoms with van der Waals surface area (Å²) in [4.78, 5) is 14.6. The number of halogens is 2. The third-order valence-corrected chi connectivity index (χ3v) is 4.40. The molecule has 0 saturated carbocycles. The number of carbonyl (C=O) groups excluding carboxylic acids is 1. The van der Waals surface area contributed by atoms with Crippen molar-refractivity contribution in [3.05, 3.63) is 69.7 Å². The van der Waals surface area contributed by atoms with Gasteiger partial charge in [-0.2, -0.15) is 0 Å². The molecule has 1 saturated heterocycles. The van der Waals surface area contributed by atoms with Gasteiger partial charge in [-0.25, -0.2) is 0 Å². The first-order valence-electron chi connectivity index (χ1n) is 6.95. The topological polar surface area (TPSA) is 29.5 Å². The second kappa shape index (κ2) is 5.92. The molecule has 0 N–H and O–H groups in total. The first-order valence-corrected chi connectivity index (χ1v) is 7.71. The lowest BCUT2D eigenvalue weighted by Gasteiger charge is -2.41. The Morgan fingerprint density at radius 3 is 1.86 bits per heavy atom. The van der Waals surface area contributed by atoms with Crippen LogP contribution in [-0.2, 0) is 15.1 Å².